The lowest BCUT2D eigenvalue weighted by molar-refractivity contribution is 0.0464. The van der Waals surface area contributed by atoms with Gasteiger partial charge >= 0.3 is 5.97 Å². The van der Waals surface area contributed by atoms with Crippen molar-refractivity contribution in [2.24, 2.45) is 0 Å². The van der Waals surface area contributed by atoms with Crippen molar-refractivity contribution in [1.82, 2.24) is 4.98 Å². The smallest absolute Gasteiger partial charge is 0.342 e. The molecule has 0 unspecified atom stereocenters. The van der Waals surface area contributed by atoms with E-state index < -0.39 is 5.97 Å². The predicted molar refractivity (Wildman–Crippen MR) is 109 cm³/mol. The number of rotatable bonds is 8. The molecule has 2 aromatic carbocycles. The van der Waals surface area contributed by atoms with Crippen LogP contribution in [0.1, 0.15) is 16.1 Å². The van der Waals surface area contributed by atoms with E-state index in [9.17, 15) is 4.79 Å². The van der Waals surface area contributed by atoms with Gasteiger partial charge in [0.05, 0.1) is 39.7 Å². The molecular formula is C21H21NO6S. The number of benzene rings is 2. The molecule has 0 aliphatic heterocycles. The van der Waals surface area contributed by atoms with E-state index in [4.69, 9.17) is 23.7 Å². The van der Waals surface area contributed by atoms with Crippen molar-refractivity contribution in [3.8, 4) is 33.6 Å². The van der Waals surface area contributed by atoms with Crippen LogP contribution in [0.5, 0.6) is 23.0 Å². The molecule has 0 spiro atoms. The van der Waals surface area contributed by atoms with Gasteiger partial charge in [0.2, 0.25) is 5.75 Å². The Labute approximate surface area is 172 Å². The number of esters is 1. The van der Waals surface area contributed by atoms with Crippen LogP contribution in [0, 0.1) is 0 Å². The Bertz CT molecular complexity index is 1000. The second kappa shape index (κ2) is 9.29. The van der Waals surface area contributed by atoms with Crippen LogP contribution in [-0.4, -0.2) is 39.4 Å². The first-order chi connectivity index (χ1) is 14.1. The molecule has 0 aliphatic carbocycles. The predicted octanol–water partition coefficient (Wildman–Crippen LogP) is 4.20. The second-order valence-corrected chi connectivity index (χ2v) is 6.66. The van der Waals surface area contributed by atoms with Gasteiger partial charge in [0.1, 0.15) is 22.9 Å². The minimum atomic E-state index is -0.547. The second-order valence-electron chi connectivity index (χ2n) is 5.80. The monoisotopic (exact) mass is 415 g/mol. The molecule has 0 radical (unpaired) electrons. The van der Waals surface area contributed by atoms with Gasteiger partial charge in [-0.1, -0.05) is 12.1 Å². The summed E-state index contributed by atoms with van der Waals surface area (Å²) >= 11 is 1.45. The van der Waals surface area contributed by atoms with Crippen molar-refractivity contribution in [3.05, 3.63) is 53.0 Å². The zero-order valence-corrected chi connectivity index (χ0v) is 17.4. The van der Waals surface area contributed by atoms with Gasteiger partial charge < -0.3 is 23.7 Å². The molecule has 8 heteroatoms. The molecule has 1 aromatic heterocycles. The van der Waals surface area contributed by atoms with E-state index in [0.717, 1.165) is 16.3 Å². The van der Waals surface area contributed by atoms with Gasteiger partial charge in [-0.2, -0.15) is 0 Å². The molecule has 0 saturated heterocycles. The van der Waals surface area contributed by atoms with Crippen molar-refractivity contribution in [2.75, 3.05) is 28.4 Å². The van der Waals surface area contributed by atoms with E-state index in [1.807, 2.05) is 29.6 Å². The summed E-state index contributed by atoms with van der Waals surface area (Å²) in [7, 11) is 6.06. The molecule has 7 nitrogen and oxygen atoms in total. The third-order valence-electron chi connectivity index (χ3n) is 4.16. The van der Waals surface area contributed by atoms with Gasteiger partial charge in [-0.15, -0.1) is 11.3 Å². The summed E-state index contributed by atoms with van der Waals surface area (Å²) in [5.41, 5.74) is 1.77. The number of carbonyl (C=O) groups is 1. The van der Waals surface area contributed by atoms with Crippen LogP contribution in [0.3, 0.4) is 0 Å². The van der Waals surface area contributed by atoms with E-state index in [1.165, 1.54) is 32.7 Å². The number of hydrogen-bond acceptors (Lipinski definition) is 8. The highest BCUT2D eigenvalue weighted by atomic mass is 32.1. The molecule has 3 aromatic rings. The zero-order chi connectivity index (χ0) is 20.8. The van der Waals surface area contributed by atoms with Crippen LogP contribution in [0.25, 0.3) is 10.6 Å². The summed E-state index contributed by atoms with van der Waals surface area (Å²) in [6.45, 7) is 0.0297. The minimum Gasteiger partial charge on any atom is -0.496 e. The van der Waals surface area contributed by atoms with Crippen molar-refractivity contribution < 1.29 is 28.5 Å². The van der Waals surface area contributed by atoms with Crippen LogP contribution in [-0.2, 0) is 11.3 Å². The van der Waals surface area contributed by atoms with Crippen molar-refractivity contribution >= 4 is 17.3 Å². The molecule has 1 heterocycles. The molecule has 0 amide bonds. The van der Waals surface area contributed by atoms with E-state index in [0.29, 0.717) is 17.2 Å². The van der Waals surface area contributed by atoms with E-state index in [-0.39, 0.29) is 17.9 Å². The van der Waals surface area contributed by atoms with Crippen LogP contribution in [0.15, 0.2) is 41.8 Å². The highest BCUT2D eigenvalue weighted by Gasteiger charge is 2.22. The Balaban J connectivity index is 1.76. The molecule has 3 rings (SSSR count). The lowest BCUT2D eigenvalue weighted by atomic mass is 10.1. The highest BCUT2D eigenvalue weighted by Crippen LogP contribution is 2.40. The van der Waals surface area contributed by atoms with Gasteiger partial charge in [0.15, 0.2) is 11.5 Å². The zero-order valence-electron chi connectivity index (χ0n) is 16.6. The number of methoxy groups -OCH3 is 4. The molecule has 29 heavy (non-hydrogen) atoms. The van der Waals surface area contributed by atoms with Gasteiger partial charge in [0, 0.05) is 5.38 Å². The third-order valence-corrected chi connectivity index (χ3v) is 5.09. The third kappa shape index (κ3) is 4.27. The fourth-order valence-electron chi connectivity index (χ4n) is 2.80. The summed E-state index contributed by atoms with van der Waals surface area (Å²) in [4.78, 5) is 17.1. The van der Waals surface area contributed by atoms with Gasteiger partial charge in [-0.25, -0.2) is 9.78 Å². The highest BCUT2D eigenvalue weighted by molar-refractivity contribution is 7.13. The van der Waals surface area contributed by atoms with Crippen molar-refractivity contribution in [3.63, 3.8) is 0 Å². The quantitative estimate of drug-likeness (QED) is 0.510. The maximum Gasteiger partial charge on any atom is 0.342 e. The van der Waals surface area contributed by atoms with Crippen molar-refractivity contribution in [2.45, 2.75) is 6.61 Å². The SMILES string of the molecule is COc1ccccc1-c1nc(COC(=O)c2ccc(OC)c(OC)c2OC)cs1. The summed E-state index contributed by atoms with van der Waals surface area (Å²) in [5, 5.41) is 2.64. The Kier molecular flexibility index (Phi) is 6.56. The number of thiazole rings is 1. The molecule has 0 bridgehead atoms. The average molecular weight is 415 g/mol. The van der Waals surface area contributed by atoms with Gasteiger partial charge in [-0.3, -0.25) is 0 Å². The molecule has 0 fully saturated rings. The summed E-state index contributed by atoms with van der Waals surface area (Å²) < 4.78 is 26.7. The topological polar surface area (TPSA) is 76.1 Å². The standard InChI is InChI=1S/C21H21NO6S/c1-24-16-8-6-5-7-14(16)20-22-13(12-29-20)11-28-21(23)15-9-10-17(25-2)19(27-4)18(15)26-3/h5-10,12H,11H2,1-4H3. The Hall–Kier alpha value is -3.26. The first-order valence-corrected chi connectivity index (χ1v) is 9.54. The largest absolute Gasteiger partial charge is 0.496 e. The Morgan fingerprint density at radius 1 is 0.897 bits per heavy atom. The van der Waals surface area contributed by atoms with Crippen LogP contribution in [0.2, 0.25) is 0 Å². The molecule has 0 aliphatic rings. The molecule has 0 N–H and O–H groups in total. The number of hydrogen-bond donors (Lipinski definition) is 0. The van der Waals surface area contributed by atoms with E-state index in [2.05, 4.69) is 4.98 Å². The van der Waals surface area contributed by atoms with Crippen LogP contribution < -0.4 is 18.9 Å². The minimum absolute atomic E-state index is 0.0297. The van der Waals surface area contributed by atoms with E-state index >= 15 is 0 Å². The average Bonchev–Trinajstić information content (AvgIpc) is 3.24. The van der Waals surface area contributed by atoms with Gasteiger partial charge in [0.25, 0.3) is 0 Å². The maximum absolute atomic E-state index is 12.6. The first-order valence-electron chi connectivity index (χ1n) is 8.66. The first kappa shape index (κ1) is 20.5. The summed E-state index contributed by atoms with van der Waals surface area (Å²) in [6, 6.07) is 10.8. The fraction of sp³-hybridized carbons (Fsp3) is 0.238. The number of carbonyl (C=O) groups excluding carboxylic acids is 1. The number of para-hydroxylation sites is 1. The van der Waals surface area contributed by atoms with E-state index in [1.54, 1.807) is 19.2 Å². The van der Waals surface area contributed by atoms with Crippen LogP contribution >= 0.6 is 11.3 Å². The lowest BCUT2D eigenvalue weighted by Gasteiger charge is -2.14. The number of aromatic nitrogens is 1. The molecular weight excluding hydrogens is 394 g/mol. The molecule has 152 valence electrons. The summed E-state index contributed by atoms with van der Waals surface area (Å²) in [5.74, 6) is 1.23. The number of ether oxygens (including phenoxy) is 5. The van der Waals surface area contributed by atoms with Gasteiger partial charge in [-0.05, 0) is 24.3 Å². The van der Waals surface area contributed by atoms with Crippen LogP contribution in [0.4, 0.5) is 0 Å². The Morgan fingerprint density at radius 3 is 2.31 bits per heavy atom. The molecule has 0 saturated carbocycles. The summed E-state index contributed by atoms with van der Waals surface area (Å²) in [6.07, 6.45) is 0. The fourth-order valence-corrected chi connectivity index (χ4v) is 3.63. The van der Waals surface area contributed by atoms with Crippen molar-refractivity contribution in [1.29, 1.82) is 0 Å². The molecule has 0 atom stereocenters. The normalized spacial score (nSPS) is 10.3. The lowest BCUT2D eigenvalue weighted by Crippen LogP contribution is -2.09. The number of nitrogens with zero attached hydrogens (tertiary/aromatic N) is 1. The Morgan fingerprint density at radius 2 is 1.62 bits per heavy atom. The maximum atomic E-state index is 12.6.